The van der Waals surface area contributed by atoms with E-state index in [-0.39, 0.29) is 16.9 Å². The molecule has 28 heavy (non-hydrogen) atoms. The smallest absolute Gasteiger partial charge is 0.254 e. The minimum atomic E-state index is -0.0740. The highest BCUT2D eigenvalue weighted by Gasteiger charge is 2.44. The molecule has 1 amide bonds. The quantitative estimate of drug-likeness (QED) is 0.884. The molecule has 0 saturated carbocycles. The molecular formula is C22H28N4O2. The molecule has 3 heterocycles. The van der Waals surface area contributed by atoms with E-state index in [1.54, 1.807) is 12.4 Å². The van der Waals surface area contributed by atoms with Gasteiger partial charge in [-0.25, -0.2) is 4.98 Å². The number of rotatable bonds is 4. The third kappa shape index (κ3) is 3.48. The molecule has 0 atom stereocenters. The monoisotopic (exact) mass is 380 g/mol. The molecular weight excluding hydrogens is 352 g/mol. The fraction of sp³-hybridized carbons (Fsp3) is 0.545. The maximum Gasteiger partial charge on any atom is 0.254 e. The lowest BCUT2D eigenvalue weighted by Gasteiger charge is -2.39. The zero-order valence-corrected chi connectivity index (χ0v) is 16.7. The number of amides is 1. The van der Waals surface area contributed by atoms with Gasteiger partial charge in [-0.2, -0.15) is 0 Å². The lowest BCUT2D eigenvalue weighted by Crippen LogP contribution is -2.44. The Labute approximate surface area is 165 Å². The summed E-state index contributed by atoms with van der Waals surface area (Å²) in [5.41, 5.74) is 2.49. The van der Waals surface area contributed by atoms with Gasteiger partial charge in [0.05, 0.1) is 5.69 Å². The first-order valence-corrected chi connectivity index (χ1v) is 10.3. The minimum Gasteiger partial charge on any atom is -0.343 e. The zero-order chi connectivity index (χ0) is 19.7. The molecule has 0 unspecified atom stereocenters. The van der Waals surface area contributed by atoms with Gasteiger partial charge in [0.15, 0.2) is 0 Å². The highest BCUT2D eigenvalue weighted by atomic mass is 16.2. The number of piperidine rings is 1. The Morgan fingerprint density at radius 3 is 2.75 bits per heavy atom. The summed E-state index contributed by atoms with van der Waals surface area (Å²) in [6, 6.07) is 3.76. The molecule has 1 N–H and O–H groups in total. The van der Waals surface area contributed by atoms with E-state index in [4.69, 9.17) is 4.98 Å². The molecule has 2 aromatic heterocycles. The summed E-state index contributed by atoms with van der Waals surface area (Å²) >= 11 is 0. The van der Waals surface area contributed by atoms with Crippen molar-refractivity contribution in [1.29, 1.82) is 0 Å². The molecule has 1 fully saturated rings. The number of hydrogen-bond donors (Lipinski definition) is 1. The van der Waals surface area contributed by atoms with Crippen LogP contribution in [0.3, 0.4) is 0 Å². The largest absolute Gasteiger partial charge is 0.343 e. The fourth-order valence-corrected chi connectivity index (χ4v) is 4.53. The number of aromatic amines is 1. The summed E-state index contributed by atoms with van der Waals surface area (Å²) in [7, 11) is 0. The predicted octanol–water partition coefficient (Wildman–Crippen LogP) is 3.07. The standard InChI is InChI=1S/C22H28N4O2/c1-15(2)5-6-18(27)26-12-9-22(10-13-26)8-7-17-19(22)24-20(25-21(17)28)16-4-3-11-23-14-16/h3-4,11,14-15H,5-10,12-13H2,1-2H3,(H,24,25,28). The number of carbonyl (C=O) groups is 1. The summed E-state index contributed by atoms with van der Waals surface area (Å²) in [4.78, 5) is 39.1. The third-order valence-corrected chi connectivity index (χ3v) is 6.32. The van der Waals surface area contributed by atoms with Crippen LogP contribution in [0, 0.1) is 5.92 Å². The molecule has 6 nitrogen and oxygen atoms in total. The lowest BCUT2D eigenvalue weighted by molar-refractivity contribution is -0.133. The van der Waals surface area contributed by atoms with Crippen molar-refractivity contribution >= 4 is 5.91 Å². The van der Waals surface area contributed by atoms with Gasteiger partial charge in [-0.15, -0.1) is 0 Å². The third-order valence-electron chi connectivity index (χ3n) is 6.32. The van der Waals surface area contributed by atoms with Crippen molar-refractivity contribution in [2.75, 3.05) is 13.1 Å². The van der Waals surface area contributed by atoms with Gasteiger partial charge >= 0.3 is 0 Å². The van der Waals surface area contributed by atoms with E-state index in [9.17, 15) is 9.59 Å². The van der Waals surface area contributed by atoms with Crippen molar-refractivity contribution in [3.8, 4) is 11.4 Å². The Morgan fingerprint density at radius 2 is 2.07 bits per heavy atom. The van der Waals surface area contributed by atoms with Crippen LogP contribution in [0.2, 0.25) is 0 Å². The van der Waals surface area contributed by atoms with E-state index in [2.05, 4.69) is 23.8 Å². The van der Waals surface area contributed by atoms with Crippen LogP contribution in [0.25, 0.3) is 11.4 Å². The van der Waals surface area contributed by atoms with Gasteiger partial charge in [0.1, 0.15) is 5.82 Å². The first kappa shape index (κ1) is 18.8. The summed E-state index contributed by atoms with van der Waals surface area (Å²) in [5, 5.41) is 0. The number of carbonyl (C=O) groups excluding carboxylic acids is 1. The van der Waals surface area contributed by atoms with Crippen molar-refractivity contribution in [3.63, 3.8) is 0 Å². The van der Waals surface area contributed by atoms with Crippen LogP contribution in [0.1, 0.15) is 57.2 Å². The summed E-state index contributed by atoms with van der Waals surface area (Å²) < 4.78 is 0. The molecule has 2 aliphatic rings. The van der Waals surface area contributed by atoms with Gasteiger partial charge in [0.2, 0.25) is 5.91 Å². The molecule has 0 bridgehead atoms. The molecule has 2 aromatic rings. The maximum atomic E-state index is 12.7. The maximum absolute atomic E-state index is 12.7. The van der Waals surface area contributed by atoms with Gasteiger partial charge in [-0.05, 0) is 50.2 Å². The van der Waals surface area contributed by atoms with Crippen LogP contribution in [0.4, 0.5) is 0 Å². The summed E-state index contributed by atoms with van der Waals surface area (Å²) in [5.74, 6) is 1.40. The molecule has 1 aliphatic carbocycles. The van der Waals surface area contributed by atoms with Crippen molar-refractivity contribution in [2.24, 2.45) is 5.92 Å². The number of H-pyrrole nitrogens is 1. The van der Waals surface area contributed by atoms with E-state index >= 15 is 0 Å². The molecule has 1 spiro atoms. The SMILES string of the molecule is CC(C)CCC(=O)N1CCC2(CCc3c2nc(-c2cccnc2)[nH]c3=O)CC1. The molecule has 4 rings (SSSR count). The van der Waals surface area contributed by atoms with Crippen molar-refractivity contribution in [2.45, 2.75) is 57.8 Å². The first-order chi connectivity index (χ1) is 13.5. The van der Waals surface area contributed by atoms with Crippen LogP contribution in [-0.4, -0.2) is 38.8 Å². The molecule has 6 heteroatoms. The minimum absolute atomic E-state index is 0.0313. The highest BCUT2D eigenvalue weighted by molar-refractivity contribution is 5.76. The van der Waals surface area contributed by atoms with Gasteiger partial charge in [-0.1, -0.05) is 13.8 Å². The highest BCUT2D eigenvalue weighted by Crippen LogP contribution is 2.44. The lowest BCUT2D eigenvalue weighted by atomic mass is 9.76. The predicted molar refractivity (Wildman–Crippen MR) is 108 cm³/mol. The second kappa shape index (κ2) is 7.49. The number of likely N-dealkylation sites (tertiary alicyclic amines) is 1. The Balaban J connectivity index is 1.56. The number of aromatic nitrogens is 3. The van der Waals surface area contributed by atoms with Crippen LogP contribution < -0.4 is 5.56 Å². The number of fused-ring (bicyclic) bond motifs is 2. The number of nitrogens with one attached hydrogen (secondary N) is 1. The number of nitrogens with zero attached hydrogens (tertiary/aromatic N) is 3. The van der Waals surface area contributed by atoms with Crippen LogP contribution in [0.15, 0.2) is 29.3 Å². The summed E-state index contributed by atoms with van der Waals surface area (Å²) in [6.45, 7) is 5.81. The van der Waals surface area contributed by atoms with Gasteiger partial charge < -0.3 is 9.88 Å². The molecule has 1 aliphatic heterocycles. The fourth-order valence-electron chi connectivity index (χ4n) is 4.53. The van der Waals surface area contributed by atoms with Gasteiger partial charge in [0, 0.05) is 48.4 Å². The van der Waals surface area contributed by atoms with Crippen molar-refractivity contribution in [3.05, 3.63) is 46.1 Å². The first-order valence-electron chi connectivity index (χ1n) is 10.3. The average molecular weight is 380 g/mol. The zero-order valence-electron chi connectivity index (χ0n) is 16.7. The second-order valence-electron chi connectivity index (χ2n) is 8.58. The molecule has 148 valence electrons. The normalized spacial score (nSPS) is 17.9. The van der Waals surface area contributed by atoms with E-state index in [1.165, 1.54) is 0 Å². The van der Waals surface area contributed by atoms with Crippen molar-refractivity contribution < 1.29 is 4.79 Å². The van der Waals surface area contributed by atoms with E-state index in [0.717, 1.165) is 62.0 Å². The average Bonchev–Trinajstić information content (AvgIpc) is 3.06. The molecule has 1 saturated heterocycles. The van der Waals surface area contributed by atoms with Gasteiger partial charge in [-0.3, -0.25) is 14.6 Å². The molecule has 0 radical (unpaired) electrons. The van der Waals surface area contributed by atoms with Crippen LogP contribution >= 0.6 is 0 Å². The number of pyridine rings is 1. The Kier molecular flexibility index (Phi) is 5.04. The Hall–Kier alpha value is -2.50. The second-order valence-corrected chi connectivity index (χ2v) is 8.58. The Morgan fingerprint density at radius 1 is 1.29 bits per heavy atom. The van der Waals surface area contributed by atoms with E-state index in [0.29, 0.717) is 18.2 Å². The topological polar surface area (TPSA) is 79.0 Å². The van der Waals surface area contributed by atoms with E-state index < -0.39 is 0 Å². The van der Waals surface area contributed by atoms with Gasteiger partial charge in [0.25, 0.3) is 5.56 Å². The van der Waals surface area contributed by atoms with E-state index in [1.807, 2.05) is 17.0 Å². The van der Waals surface area contributed by atoms with Crippen LogP contribution in [-0.2, 0) is 16.6 Å². The Bertz CT molecular complexity index is 912. The number of hydrogen-bond acceptors (Lipinski definition) is 4. The summed E-state index contributed by atoms with van der Waals surface area (Å²) in [6.07, 6.45) is 8.49. The van der Waals surface area contributed by atoms with Crippen LogP contribution in [0.5, 0.6) is 0 Å². The van der Waals surface area contributed by atoms with Crippen molar-refractivity contribution in [1.82, 2.24) is 19.9 Å². The molecule has 0 aromatic carbocycles.